The van der Waals surface area contributed by atoms with Crippen LogP contribution in [-0.4, -0.2) is 38.6 Å². The highest BCUT2D eigenvalue weighted by Crippen LogP contribution is 2.27. The van der Waals surface area contributed by atoms with Crippen LogP contribution in [0.1, 0.15) is 13.8 Å². The summed E-state index contributed by atoms with van der Waals surface area (Å²) in [5.74, 6) is -1.40. The molecule has 116 valence electrons. The Morgan fingerprint density at radius 1 is 1.33 bits per heavy atom. The molecule has 0 aliphatic rings. The molecule has 21 heavy (non-hydrogen) atoms. The van der Waals surface area contributed by atoms with Gasteiger partial charge in [0.05, 0.1) is 17.7 Å². The second-order valence-electron chi connectivity index (χ2n) is 4.22. The van der Waals surface area contributed by atoms with Gasteiger partial charge in [-0.05, 0) is 25.1 Å². The Kier molecular flexibility index (Phi) is 5.28. The highest BCUT2D eigenvalue weighted by Gasteiger charge is 2.22. The van der Waals surface area contributed by atoms with Crippen LogP contribution in [-0.2, 0) is 19.6 Å². The highest BCUT2D eigenvalue weighted by molar-refractivity contribution is 7.89. The number of carbonyl (C=O) groups excluding carboxylic acids is 1. The standard InChI is InChI=1S/C12H16N2O6S/c1-7(12(16)17)14-21(18,19)9-4-5-11(20-3)10(6-9)13-8(2)15/h4-7,14H,1-3H3,(H,13,15)(H,16,17). The topological polar surface area (TPSA) is 122 Å². The molecule has 8 nitrogen and oxygen atoms in total. The van der Waals surface area contributed by atoms with Gasteiger partial charge in [0.2, 0.25) is 15.9 Å². The van der Waals surface area contributed by atoms with E-state index in [1.807, 2.05) is 4.72 Å². The third kappa shape index (κ3) is 4.43. The minimum Gasteiger partial charge on any atom is -0.495 e. The third-order valence-corrected chi connectivity index (χ3v) is 4.03. The predicted molar refractivity (Wildman–Crippen MR) is 74.7 cm³/mol. The normalized spacial score (nSPS) is 12.5. The quantitative estimate of drug-likeness (QED) is 0.698. The second kappa shape index (κ2) is 6.55. The molecular weight excluding hydrogens is 300 g/mol. The molecule has 1 rings (SSSR count). The molecule has 0 radical (unpaired) electrons. The van der Waals surface area contributed by atoms with Gasteiger partial charge in [-0.3, -0.25) is 9.59 Å². The van der Waals surface area contributed by atoms with Crippen molar-refractivity contribution in [2.45, 2.75) is 24.8 Å². The molecule has 1 atom stereocenters. The van der Waals surface area contributed by atoms with Crippen molar-refractivity contribution >= 4 is 27.6 Å². The summed E-state index contributed by atoms with van der Waals surface area (Å²) in [7, 11) is -2.65. The molecule has 0 aromatic heterocycles. The monoisotopic (exact) mass is 316 g/mol. The summed E-state index contributed by atoms with van der Waals surface area (Å²) >= 11 is 0. The lowest BCUT2D eigenvalue weighted by molar-refractivity contribution is -0.138. The number of carboxylic acid groups (broad SMARTS) is 1. The van der Waals surface area contributed by atoms with Gasteiger partial charge in [-0.2, -0.15) is 4.72 Å². The Balaban J connectivity index is 3.18. The number of amides is 1. The molecule has 0 saturated heterocycles. The summed E-state index contributed by atoms with van der Waals surface area (Å²) in [5.41, 5.74) is 0.177. The van der Waals surface area contributed by atoms with E-state index >= 15 is 0 Å². The largest absolute Gasteiger partial charge is 0.495 e. The molecular formula is C12H16N2O6S. The molecule has 0 saturated carbocycles. The van der Waals surface area contributed by atoms with Crippen LogP contribution in [0.25, 0.3) is 0 Å². The van der Waals surface area contributed by atoms with Crippen molar-refractivity contribution in [1.82, 2.24) is 4.72 Å². The number of carboxylic acids is 1. The Labute approximate surface area is 122 Å². The molecule has 0 heterocycles. The lowest BCUT2D eigenvalue weighted by Crippen LogP contribution is -2.38. The van der Waals surface area contributed by atoms with Crippen molar-refractivity contribution in [2.24, 2.45) is 0 Å². The summed E-state index contributed by atoms with van der Waals surface area (Å²) in [5, 5.41) is 11.2. The van der Waals surface area contributed by atoms with Crippen LogP contribution in [0.5, 0.6) is 5.75 Å². The van der Waals surface area contributed by atoms with E-state index in [0.29, 0.717) is 0 Å². The number of aliphatic carboxylic acids is 1. The van der Waals surface area contributed by atoms with Gasteiger partial charge in [0.1, 0.15) is 11.8 Å². The number of hydrogen-bond acceptors (Lipinski definition) is 5. The fourth-order valence-electron chi connectivity index (χ4n) is 1.49. The van der Waals surface area contributed by atoms with E-state index in [4.69, 9.17) is 9.84 Å². The minimum atomic E-state index is -4.03. The van der Waals surface area contributed by atoms with Crippen molar-refractivity contribution in [2.75, 3.05) is 12.4 Å². The number of hydrogen-bond donors (Lipinski definition) is 3. The maximum absolute atomic E-state index is 12.1. The van der Waals surface area contributed by atoms with E-state index in [1.165, 1.54) is 39.2 Å². The van der Waals surface area contributed by atoms with Crippen LogP contribution in [0.3, 0.4) is 0 Å². The molecule has 3 N–H and O–H groups in total. The van der Waals surface area contributed by atoms with Crippen molar-refractivity contribution in [3.63, 3.8) is 0 Å². The van der Waals surface area contributed by atoms with Gasteiger partial charge in [-0.1, -0.05) is 0 Å². The van der Waals surface area contributed by atoms with Crippen LogP contribution >= 0.6 is 0 Å². The van der Waals surface area contributed by atoms with E-state index in [-0.39, 0.29) is 16.3 Å². The van der Waals surface area contributed by atoms with Gasteiger partial charge >= 0.3 is 5.97 Å². The first-order chi connectivity index (χ1) is 9.67. The van der Waals surface area contributed by atoms with Crippen LogP contribution < -0.4 is 14.8 Å². The van der Waals surface area contributed by atoms with Crippen molar-refractivity contribution in [1.29, 1.82) is 0 Å². The third-order valence-electron chi connectivity index (χ3n) is 2.49. The van der Waals surface area contributed by atoms with E-state index in [2.05, 4.69) is 5.32 Å². The zero-order valence-electron chi connectivity index (χ0n) is 11.7. The summed E-state index contributed by atoms with van der Waals surface area (Å²) < 4.78 is 31.1. The van der Waals surface area contributed by atoms with Gasteiger partial charge in [0, 0.05) is 6.92 Å². The summed E-state index contributed by atoms with van der Waals surface area (Å²) in [4.78, 5) is 21.6. The zero-order chi connectivity index (χ0) is 16.2. The molecule has 0 fully saturated rings. The SMILES string of the molecule is COc1ccc(S(=O)(=O)NC(C)C(=O)O)cc1NC(C)=O. The van der Waals surface area contributed by atoms with Gasteiger partial charge < -0.3 is 15.2 Å². The fourth-order valence-corrected chi connectivity index (χ4v) is 2.72. The summed E-state index contributed by atoms with van der Waals surface area (Å²) in [6, 6.07) is 2.53. The maximum atomic E-state index is 12.1. The average Bonchev–Trinajstić information content (AvgIpc) is 2.37. The molecule has 0 spiro atoms. The molecule has 1 unspecified atom stereocenters. The lowest BCUT2D eigenvalue weighted by atomic mass is 10.3. The maximum Gasteiger partial charge on any atom is 0.321 e. The first-order valence-corrected chi connectivity index (χ1v) is 7.36. The number of benzene rings is 1. The Hall–Kier alpha value is -2.13. The van der Waals surface area contributed by atoms with Crippen molar-refractivity contribution < 1.29 is 27.9 Å². The van der Waals surface area contributed by atoms with Gasteiger partial charge in [0.25, 0.3) is 0 Å². The van der Waals surface area contributed by atoms with E-state index in [0.717, 1.165) is 0 Å². The summed E-state index contributed by atoms with van der Waals surface area (Å²) in [6.45, 7) is 2.48. The second-order valence-corrected chi connectivity index (χ2v) is 5.94. The van der Waals surface area contributed by atoms with Crippen LogP contribution in [0.2, 0.25) is 0 Å². The number of anilines is 1. The molecule has 1 aromatic rings. The number of carbonyl (C=O) groups is 2. The van der Waals surface area contributed by atoms with Gasteiger partial charge in [0.15, 0.2) is 0 Å². The van der Waals surface area contributed by atoms with E-state index in [9.17, 15) is 18.0 Å². The molecule has 0 bridgehead atoms. The number of nitrogens with one attached hydrogen (secondary N) is 2. The summed E-state index contributed by atoms with van der Waals surface area (Å²) in [6.07, 6.45) is 0. The van der Waals surface area contributed by atoms with E-state index in [1.54, 1.807) is 0 Å². The van der Waals surface area contributed by atoms with E-state index < -0.39 is 27.9 Å². The first kappa shape index (κ1) is 16.9. The van der Waals surface area contributed by atoms with Crippen molar-refractivity contribution in [3.8, 4) is 5.75 Å². The molecule has 9 heteroatoms. The Morgan fingerprint density at radius 2 is 1.95 bits per heavy atom. The molecule has 0 aliphatic carbocycles. The number of methoxy groups -OCH3 is 1. The predicted octanol–water partition coefficient (Wildman–Crippen LogP) is 0.405. The smallest absolute Gasteiger partial charge is 0.321 e. The zero-order valence-corrected chi connectivity index (χ0v) is 12.5. The molecule has 1 amide bonds. The lowest BCUT2D eigenvalue weighted by Gasteiger charge is -2.13. The van der Waals surface area contributed by atoms with Crippen LogP contribution in [0.15, 0.2) is 23.1 Å². The Bertz CT molecular complexity index is 656. The fraction of sp³-hybridized carbons (Fsp3) is 0.333. The number of rotatable bonds is 6. The minimum absolute atomic E-state index is 0.177. The van der Waals surface area contributed by atoms with Crippen LogP contribution in [0, 0.1) is 0 Å². The van der Waals surface area contributed by atoms with Crippen molar-refractivity contribution in [3.05, 3.63) is 18.2 Å². The highest BCUT2D eigenvalue weighted by atomic mass is 32.2. The molecule has 1 aromatic carbocycles. The molecule has 0 aliphatic heterocycles. The number of sulfonamides is 1. The first-order valence-electron chi connectivity index (χ1n) is 5.88. The average molecular weight is 316 g/mol. The van der Waals surface area contributed by atoms with Crippen LogP contribution in [0.4, 0.5) is 5.69 Å². The number of ether oxygens (including phenoxy) is 1. The van der Waals surface area contributed by atoms with Gasteiger partial charge in [-0.25, -0.2) is 8.42 Å². The van der Waals surface area contributed by atoms with Gasteiger partial charge in [-0.15, -0.1) is 0 Å². The Morgan fingerprint density at radius 3 is 2.43 bits per heavy atom.